The standard InChI is InChI=1S/C18H11F4N5O3S/c19-14(20)9-6-7(10-2-1-5-30-10)11-12(13(15(23)28)31-17(11)24-9)25-16(29)8-3-4-27(26-8)18(21)22/h1-6,14,18H,(H2,23,28)(H,25,29). The molecule has 13 heteroatoms. The highest BCUT2D eigenvalue weighted by Gasteiger charge is 2.26. The first-order chi connectivity index (χ1) is 14.8. The van der Waals surface area contributed by atoms with E-state index in [2.05, 4.69) is 15.4 Å². The van der Waals surface area contributed by atoms with Crippen LogP contribution in [-0.4, -0.2) is 26.6 Å². The van der Waals surface area contributed by atoms with Crippen molar-refractivity contribution >= 4 is 39.1 Å². The molecule has 3 N–H and O–H groups in total. The van der Waals surface area contributed by atoms with E-state index in [0.717, 1.165) is 18.3 Å². The van der Waals surface area contributed by atoms with E-state index >= 15 is 0 Å². The molecule has 0 atom stereocenters. The summed E-state index contributed by atoms with van der Waals surface area (Å²) in [6.07, 6.45) is -0.681. The predicted octanol–water partition coefficient (Wildman–Crippen LogP) is 4.44. The van der Waals surface area contributed by atoms with Gasteiger partial charge in [-0.15, -0.1) is 11.3 Å². The summed E-state index contributed by atoms with van der Waals surface area (Å²) in [5.74, 6) is -1.68. The van der Waals surface area contributed by atoms with Gasteiger partial charge in [-0.2, -0.15) is 13.9 Å². The lowest BCUT2D eigenvalue weighted by molar-refractivity contribution is 0.0561. The number of anilines is 1. The Labute approximate surface area is 174 Å². The fraction of sp³-hybridized carbons (Fsp3) is 0.111. The van der Waals surface area contributed by atoms with E-state index in [1.165, 1.54) is 18.4 Å². The van der Waals surface area contributed by atoms with Crippen molar-refractivity contribution in [3.8, 4) is 11.3 Å². The molecule has 2 amide bonds. The molecule has 0 saturated carbocycles. The third kappa shape index (κ3) is 3.74. The number of alkyl halides is 4. The predicted molar refractivity (Wildman–Crippen MR) is 102 cm³/mol. The Hall–Kier alpha value is -3.74. The van der Waals surface area contributed by atoms with E-state index in [4.69, 9.17) is 10.2 Å². The lowest BCUT2D eigenvalue weighted by Crippen LogP contribution is -2.17. The minimum Gasteiger partial charge on any atom is -0.464 e. The van der Waals surface area contributed by atoms with Crippen LogP contribution in [0.2, 0.25) is 0 Å². The van der Waals surface area contributed by atoms with Crippen molar-refractivity contribution < 1.29 is 31.6 Å². The van der Waals surface area contributed by atoms with Crippen molar-refractivity contribution in [3.63, 3.8) is 0 Å². The van der Waals surface area contributed by atoms with Crippen molar-refractivity contribution in [2.75, 3.05) is 5.32 Å². The van der Waals surface area contributed by atoms with Crippen LogP contribution in [0.15, 0.2) is 41.1 Å². The first-order valence-corrected chi connectivity index (χ1v) is 9.31. The molecule has 4 aromatic heterocycles. The average Bonchev–Trinajstić information content (AvgIpc) is 3.46. The van der Waals surface area contributed by atoms with Crippen molar-refractivity contribution in [2.24, 2.45) is 5.73 Å². The molecule has 0 fully saturated rings. The summed E-state index contributed by atoms with van der Waals surface area (Å²) >= 11 is 0.701. The highest BCUT2D eigenvalue weighted by molar-refractivity contribution is 7.21. The molecule has 8 nitrogen and oxygen atoms in total. The Morgan fingerprint density at radius 1 is 1.23 bits per heavy atom. The van der Waals surface area contributed by atoms with Crippen LogP contribution >= 0.6 is 11.3 Å². The van der Waals surface area contributed by atoms with E-state index < -0.39 is 30.5 Å². The van der Waals surface area contributed by atoms with E-state index in [1.807, 2.05) is 0 Å². The molecule has 0 aliphatic rings. The Morgan fingerprint density at radius 2 is 2.00 bits per heavy atom. The summed E-state index contributed by atoms with van der Waals surface area (Å²) in [7, 11) is 0. The molecule has 0 bridgehead atoms. The second-order valence-electron chi connectivity index (χ2n) is 6.14. The monoisotopic (exact) mass is 453 g/mol. The molecule has 4 heterocycles. The molecule has 31 heavy (non-hydrogen) atoms. The molecule has 0 aliphatic carbocycles. The van der Waals surface area contributed by atoms with Gasteiger partial charge in [0.25, 0.3) is 18.2 Å². The minimum atomic E-state index is -2.95. The average molecular weight is 453 g/mol. The summed E-state index contributed by atoms with van der Waals surface area (Å²) in [6, 6.07) is 5.16. The van der Waals surface area contributed by atoms with Gasteiger partial charge in [-0.05, 0) is 24.3 Å². The van der Waals surface area contributed by atoms with Gasteiger partial charge in [-0.25, -0.2) is 18.4 Å². The van der Waals surface area contributed by atoms with Gasteiger partial charge in [-0.3, -0.25) is 9.59 Å². The van der Waals surface area contributed by atoms with Crippen molar-refractivity contribution in [2.45, 2.75) is 13.0 Å². The van der Waals surface area contributed by atoms with Gasteiger partial charge < -0.3 is 15.5 Å². The van der Waals surface area contributed by atoms with Gasteiger partial charge in [0.2, 0.25) is 0 Å². The summed E-state index contributed by atoms with van der Waals surface area (Å²) in [5.41, 5.74) is 4.52. The van der Waals surface area contributed by atoms with Crippen LogP contribution in [0.3, 0.4) is 0 Å². The number of rotatable bonds is 6. The number of halogens is 4. The van der Waals surface area contributed by atoms with E-state index in [9.17, 15) is 27.2 Å². The number of carbonyl (C=O) groups excluding carboxylic acids is 2. The van der Waals surface area contributed by atoms with Crippen LogP contribution in [-0.2, 0) is 0 Å². The maximum Gasteiger partial charge on any atom is 0.333 e. The fourth-order valence-corrected chi connectivity index (χ4v) is 3.91. The first-order valence-electron chi connectivity index (χ1n) is 8.50. The topological polar surface area (TPSA) is 116 Å². The normalized spacial score (nSPS) is 11.5. The highest BCUT2D eigenvalue weighted by Crippen LogP contribution is 2.42. The second kappa shape index (κ2) is 7.83. The van der Waals surface area contributed by atoms with Gasteiger partial charge in [-0.1, -0.05) is 0 Å². The molecule has 4 aromatic rings. The zero-order valence-electron chi connectivity index (χ0n) is 15.2. The second-order valence-corrected chi connectivity index (χ2v) is 7.14. The van der Waals surface area contributed by atoms with Crippen molar-refractivity contribution in [3.05, 3.63) is 53.0 Å². The van der Waals surface area contributed by atoms with Crippen LogP contribution in [0.5, 0.6) is 0 Å². The van der Waals surface area contributed by atoms with Crippen molar-refractivity contribution in [1.82, 2.24) is 14.8 Å². The van der Waals surface area contributed by atoms with Gasteiger partial charge in [0.1, 0.15) is 21.2 Å². The Bertz CT molecular complexity index is 1280. The number of nitrogens with zero attached hydrogens (tertiary/aromatic N) is 3. The van der Waals surface area contributed by atoms with E-state index in [-0.39, 0.29) is 42.5 Å². The quantitative estimate of drug-likeness (QED) is 0.419. The number of hydrogen-bond acceptors (Lipinski definition) is 6. The number of amides is 2. The summed E-state index contributed by atoms with van der Waals surface area (Å²) in [4.78, 5) is 28.3. The molecule has 160 valence electrons. The smallest absolute Gasteiger partial charge is 0.333 e. The maximum absolute atomic E-state index is 13.4. The molecule has 0 aliphatic heterocycles. The van der Waals surface area contributed by atoms with Crippen LogP contribution in [0.4, 0.5) is 23.2 Å². The van der Waals surface area contributed by atoms with Gasteiger partial charge in [0.15, 0.2) is 5.69 Å². The van der Waals surface area contributed by atoms with E-state index in [1.54, 1.807) is 0 Å². The molecule has 0 radical (unpaired) electrons. The number of thiophene rings is 1. The van der Waals surface area contributed by atoms with Crippen molar-refractivity contribution in [1.29, 1.82) is 0 Å². The summed E-state index contributed by atoms with van der Waals surface area (Å²) in [6.45, 7) is -2.95. The Morgan fingerprint density at radius 3 is 2.58 bits per heavy atom. The molecule has 0 spiro atoms. The Kier molecular flexibility index (Phi) is 5.19. The van der Waals surface area contributed by atoms with Gasteiger partial charge in [0.05, 0.1) is 12.0 Å². The summed E-state index contributed by atoms with van der Waals surface area (Å²) < 4.78 is 57.8. The highest BCUT2D eigenvalue weighted by atomic mass is 32.1. The van der Waals surface area contributed by atoms with Gasteiger partial charge in [0, 0.05) is 17.1 Å². The minimum absolute atomic E-state index is 0.00593. The Balaban J connectivity index is 1.89. The molecular weight excluding hydrogens is 442 g/mol. The fourth-order valence-electron chi connectivity index (χ4n) is 2.89. The number of pyridine rings is 1. The van der Waals surface area contributed by atoms with Gasteiger partial charge >= 0.3 is 6.55 Å². The molecule has 0 aromatic carbocycles. The SMILES string of the molecule is NC(=O)c1sc2nc(C(F)F)cc(-c3ccco3)c2c1NC(=O)c1ccn(C(F)F)n1. The third-order valence-electron chi connectivity index (χ3n) is 4.20. The molecular formula is C18H11F4N5O3S. The number of nitrogens with two attached hydrogens (primary N) is 1. The summed E-state index contributed by atoms with van der Waals surface area (Å²) in [5, 5.41) is 6.02. The van der Waals surface area contributed by atoms with Crippen LogP contribution in [0, 0.1) is 0 Å². The zero-order valence-corrected chi connectivity index (χ0v) is 16.0. The molecule has 4 rings (SSSR count). The lowest BCUT2D eigenvalue weighted by atomic mass is 10.1. The number of carbonyl (C=O) groups is 2. The number of nitrogens with one attached hydrogen (secondary N) is 1. The largest absolute Gasteiger partial charge is 0.464 e. The van der Waals surface area contributed by atoms with Crippen LogP contribution < -0.4 is 11.1 Å². The number of hydrogen-bond donors (Lipinski definition) is 2. The zero-order chi connectivity index (χ0) is 22.3. The first kappa shape index (κ1) is 20.5. The molecule has 0 unspecified atom stereocenters. The molecule has 0 saturated heterocycles. The third-order valence-corrected chi connectivity index (χ3v) is 5.29. The lowest BCUT2D eigenvalue weighted by Gasteiger charge is -2.09. The van der Waals surface area contributed by atoms with Crippen LogP contribution in [0.25, 0.3) is 21.5 Å². The number of furan rings is 1. The number of aromatic nitrogens is 3. The van der Waals surface area contributed by atoms with Crippen LogP contribution in [0.1, 0.15) is 38.8 Å². The number of fused-ring (bicyclic) bond motifs is 1. The maximum atomic E-state index is 13.4. The number of primary amides is 1. The van der Waals surface area contributed by atoms with E-state index in [0.29, 0.717) is 11.3 Å².